The van der Waals surface area contributed by atoms with E-state index >= 15 is 0 Å². The van der Waals surface area contributed by atoms with E-state index in [1.165, 1.54) is 6.08 Å². The number of halogens is 1. The molecule has 0 aliphatic heterocycles. The number of ketones is 2. The van der Waals surface area contributed by atoms with E-state index in [0.29, 0.717) is 14.7 Å². The summed E-state index contributed by atoms with van der Waals surface area (Å²) < 4.78 is 0.487. The van der Waals surface area contributed by atoms with E-state index in [2.05, 4.69) is 0 Å². The summed E-state index contributed by atoms with van der Waals surface area (Å²) in [6, 6.07) is 6.88. The molecule has 1 aromatic carbocycles. The maximum atomic E-state index is 11.5. The van der Waals surface area contributed by atoms with Crippen molar-refractivity contribution in [3.05, 3.63) is 45.0 Å². The predicted molar refractivity (Wildman–Crippen MR) is 57.2 cm³/mol. The zero-order chi connectivity index (χ0) is 9.42. The molecule has 0 heterocycles. The first-order chi connectivity index (χ1) is 6.20. The van der Waals surface area contributed by atoms with E-state index in [4.69, 9.17) is 0 Å². The van der Waals surface area contributed by atoms with Gasteiger partial charge in [-0.15, -0.1) is 0 Å². The molecule has 0 aromatic heterocycles. The largest absolute Gasteiger partial charge is 0.289 e. The Bertz CT molecular complexity index is 432. The minimum atomic E-state index is -0.0837. The van der Waals surface area contributed by atoms with Crippen LogP contribution in [-0.4, -0.2) is 11.6 Å². The van der Waals surface area contributed by atoms with Crippen molar-refractivity contribution in [2.24, 2.45) is 0 Å². The first kappa shape index (κ1) is 8.62. The van der Waals surface area contributed by atoms with Gasteiger partial charge >= 0.3 is 0 Å². The highest BCUT2D eigenvalue weighted by Gasteiger charge is 2.22. The van der Waals surface area contributed by atoms with Gasteiger partial charge in [-0.3, -0.25) is 9.59 Å². The molecule has 0 N–H and O–H groups in total. The van der Waals surface area contributed by atoms with Crippen molar-refractivity contribution in [3.63, 3.8) is 0 Å². The lowest BCUT2D eigenvalue weighted by atomic mass is 9.95. The number of allylic oxidation sites excluding steroid dienone is 2. The van der Waals surface area contributed by atoms with Gasteiger partial charge in [0.15, 0.2) is 11.6 Å². The van der Waals surface area contributed by atoms with Gasteiger partial charge in [0, 0.05) is 17.2 Å². The van der Waals surface area contributed by atoms with Crippen LogP contribution in [0.15, 0.2) is 33.9 Å². The number of benzene rings is 1. The van der Waals surface area contributed by atoms with E-state index in [-0.39, 0.29) is 11.6 Å². The highest BCUT2D eigenvalue weighted by Crippen LogP contribution is 2.24. The lowest BCUT2D eigenvalue weighted by molar-refractivity contribution is 0.0992. The second-order valence-electron chi connectivity index (χ2n) is 2.73. The minimum absolute atomic E-state index is 0.0594. The molecule has 3 heteroatoms. The summed E-state index contributed by atoms with van der Waals surface area (Å²) in [5.74, 6) is -0.143. The van der Waals surface area contributed by atoms with E-state index in [0.717, 1.165) is 0 Å². The van der Waals surface area contributed by atoms with Crippen LogP contribution in [0.25, 0.3) is 0 Å². The maximum Gasteiger partial charge on any atom is 0.199 e. The molecular formula is C10H5IO2. The Morgan fingerprint density at radius 1 is 1.00 bits per heavy atom. The van der Waals surface area contributed by atoms with Crippen LogP contribution in [0, 0.1) is 0 Å². The van der Waals surface area contributed by atoms with Crippen LogP contribution in [0.4, 0.5) is 0 Å². The number of carbonyl (C=O) groups excluding carboxylic acids is 2. The molecule has 1 aliphatic carbocycles. The van der Waals surface area contributed by atoms with Gasteiger partial charge in [-0.25, -0.2) is 0 Å². The SMILES string of the molecule is O=C1C=C(I)C(=O)c2ccccc21. The van der Waals surface area contributed by atoms with Gasteiger partial charge in [0.05, 0.1) is 3.58 Å². The average Bonchev–Trinajstić information content (AvgIpc) is 2.15. The highest BCUT2D eigenvalue weighted by atomic mass is 127. The lowest BCUT2D eigenvalue weighted by Gasteiger charge is -2.10. The second-order valence-corrected chi connectivity index (χ2v) is 3.89. The zero-order valence-corrected chi connectivity index (χ0v) is 8.74. The Balaban J connectivity index is 2.69. The number of hydrogen-bond donors (Lipinski definition) is 0. The van der Waals surface area contributed by atoms with E-state index in [9.17, 15) is 9.59 Å². The molecule has 13 heavy (non-hydrogen) atoms. The molecule has 0 radical (unpaired) electrons. The Labute approximate surface area is 88.8 Å². The fraction of sp³-hybridized carbons (Fsp3) is 0. The van der Waals surface area contributed by atoms with Crippen molar-refractivity contribution in [1.82, 2.24) is 0 Å². The van der Waals surface area contributed by atoms with Crippen molar-refractivity contribution < 1.29 is 9.59 Å². The summed E-state index contributed by atoms with van der Waals surface area (Å²) in [4.78, 5) is 22.9. The Hall–Kier alpha value is -0.970. The summed E-state index contributed by atoms with van der Waals surface area (Å²) in [5, 5.41) is 0. The monoisotopic (exact) mass is 284 g/mol. The molecule has 0 atom stereocenters. The molecule has 1 aliphatic rings. The molecule has 0 unspecified atom stereocenters. The Kier molecular flexibility index (Phi) is 2.03. The average molecular weight is 284 g/mol. The third kappa shape index (κ3) is 1.33. The highest BCUT2D eigenvalue weighted by molar-refractivity contribution is 14.1. The quantitative estimate of drug-likeness (QED) is 0.685. The fourth-order valence-corrected chi connectivity index (χ4v) is 1.86. The molecule has 0 fully saturated rings. The van der Waals surface area contributed by atoms with Gasteiger partial charge < -0.3 is 0 Å². The lowest BCUT2D eigenvalue weighted by Crippen LogP contribution is -2.13. The number of rotatable bonds is 0. The molecular weight excluding hydrogens is 279 g/mol. The Morgan fingerprint density at radius 3 is 2.31 bits per heavy atom. The van der Waals surface area contributed by atoms with Crippen molar-refractivity contribution >= 4 is 34.2 Å². The third-order valence-electron chi connectivity index (χ3n) is 1.91. The van der Waals surface area contributed by atoms with Gasteiger partial charge in [0.1, 0.15) is 0 Å². The number of hydrogen-bond acceptors (Lipinski definition) is 2. The molecule has 0 amide bonds. The summed E-state index contributed by atoms with van der Waals surface area (Å²) in [6.45, 7) is 0. The van der Waals surface area contributed by atoms with Crippen LogP contribution in [0.2, 0.25) is 0 Å². The molecule has 2 nitrogen and oxygen atoms in total. The fourth-order valence-electron chi connectivity index (χ4n) is 1.28. The summed E-state index contributed by atoms with van der Waals surface area (Å²) in [7, 11) is 0. The third-order valence-corrected chi connectivity index (χ3v) is 2.71. The molecule has 2 rings (SSSR count). The molecule has 64 valence electrons. The van der Waals surface area contributed by atoms with Crippen LogP contribution >= 0.6 is 22.6 Å². The van der Waals surface area contributed by atoms with Crippen molar-refractivity contribution in [2.75, 3.05) is 0 Å². The number of Topliss-reactive ketones (excluding diaryl/α,β-unsaturated/α-hetero) is 1. The normalized spacial score (nSPS) is 15.3. The number of fused-ring (bicyclic) bond motifs is 1. The molecule has 0 saturated heterocycles. The molecule has 1 aromatic rings. The molecule has 0 saturated carbocycles. The van der Waals surface area contributed by atoms with Crippen LogP contribution < -0.4 is 0 Å². The maximum absolute atomic E-state index is 11.5. The van der Waals surface area contributed by atoms with Gasteiger partial charge in [-0.05, 0) is 22.6 Å². The van der Waals surface area contributed by atoms with Crippen LogP contribution in [0.5, 0.6) is 0 Å². The van der Waals surface area contributed by atoms with Crippen LogP contribution in [0.1, 0.15) is 20.7 Å². The zero-order valence-electron chi connectivity index (χ0n) is 6.58. The first-order valence-corrected chi connectivity index (χ1v) is 4.83. The first-order valence-electron chi connectivity index (χ1n) is 3.75. The topological polar surface area (TPSA) is 34.1 Å². The smallest absolute Gasteiger partial charge is 0.199 e. The Morgan fingerprint density at radius 2 is 1.62 bits per heavy atom. The van der Waals surface area contributed by atoms with Gasteiger partial charge in [0.25, 0.3) is 0 Å². The van der Waals surface area contributed by atoms with Gasteiger partial charge in [0.2, 0.25) is 0 Å². The predicted octanol–water partition coefficient (Wildman–Crippen LogP) is 2.38. The van der Waals surface area contributed by atoms with Crippen LogP contribution in [0.3, 0.4) is 0 Å². The van der Waals surface area contributed by atoms with E-state index < -0.39 is 0 Å². The van der Waals surface area contributed by atoms with Crippen LogP contribution in [-0.2, 0) is 0 Å². The summed E-state index contributed by atoms with van der Waals surface area (Å²) in [5.41, 5.74) is 1.02. The van der Waals surface area contributed by atoms with Gasteiger partial charge in [-0.1, -0.05) is 24.3 Å². The standard InChI is InChI=1S/C10H5IO2/c11-8-5-9(12)6-3-1-2-4-7(6)10(8)13/h1-5H. The minimum Gasteiger partial charge on any atom is -0.289 e. The van der Waals surface area contributed by atoms with E-state index in [1.54, 1.807) is 24.3 Å². The number of carbonyl (C=O) groups is 2. The summed E-state index contributed by atoms with van der Waals surface area (Å²) >= 11 is 1.89. The second kappa shape index (κ2) is 3.06. The molecule has 0 spiro atoms. The van der Waals surface area contributed by atoms with E-state index in [1.807, 2.05) is 22.6 Å². The van der Waals surface area contributed by atoms with Gasteiger partial charge in [-0.2, -0.15) is 0 Å². The molecule has 0 bridgehead atoms. The van der Waals surface area contributed by atoms with Crippen molar-refractivity contribution in [2.45, 2.75) is 0 Å². The summed E-state index contributed by atoms with van der Waals surface area (Å²) in [6.07, 6.45) is 1.38. The van der Waals surface area contributed by atoms with Crippen molar-refractivity contribution in [1.29, 1.82) is 0 Å². The van der Waals surface area contributed by atoms with Crippen molar-refractivity contribution in [3.8, 4) is 0 Å².